The molecule has 0 aliphatic carbocycles. The van der Waals surface area contributed by atoms with Crippen LogP contribution in [0.1, 0.15) is 16.2 Å². The molecule has 9 nitrogen and oxygen atoms in total. The van der Waals surface area contributed by atoms with Gasteiger partial charge < -0.3 is 19.5 Å². The van der Waals surface area contributed by atoms with Crippen LogP contribution in [-0.4, -0.2) is 46.4 Å². The molecule has 1 aromatic heterocycles. The zero-order valence-corrected chi connectivity index (χ0v) is 14.8. The summed E-state index contributed by atoms with van der Waals surface area (Å²) in [6, 6.07) is 10.3. The molecule has 1 aliphatic heterocycles. The van der Waals surface area contributed by atoms with Crippen LogP contribution in [0.25, 0.3) is 5.69 Å². The van der Waals surface area contributed by atoms with E-state index in [1.54, 1.807) is 55.1 Å². The molecule has 0 spiro atoms. The van der Waals surface area contributed by atoms with Gasteiger partial charge in [-0.25, -0.2) is 0 Å². The second-order valence-corrected chi connectivity index (χ2v) is 5.84. The molecule has 0 atom stereocenters. The first-order valence-electron chi connectivity index (χ1n) is 8.30. The smallest absolute Gasteiger partial charge is 0.255 e. The fourth-order valence-electron chi connectivity index (χ4n) is 2.78. The lowest BCUT2D eigenvalue weighted by molar-refractivity contribution is 0.102. The van der Waals surface area contributed by atoms with Gasteiger partial charge in [0.15, 0.2) is 17.3 Å². The van der Waals surface area contributed by atoms with Crippen LogP contribution in [0.4, 0.5) is 5.69 Å². The number of hydrogen-bond donors (Lipinski definition) is 1. The molecule has 138 valence electrons. The summed E-state index contributed by atoms with van der Waals surface area (Å²) in [6.07, 6.45) is 0. The molecule has 27 heavy (non-hydrogen) atoms. The molecular weight excluding hydrogens is 350 g/mol. The molecule has 0 fully saturated rings. The average molecular weight is 367 g/mol. The summed E-state index contributed by atoms with van der Waals surface area (Å²) >= 11 is 0. The second-order valence-electron chi connectivity index (χ2n) is 5.84. The number of carbonyl (C=O) groups is 1. The average Bonchev–Trinajstić information content (AvgIpc) is 3.13. The summed E-state index contributed by atoms with van der Waals surface area (Å²) in [4.78, 5) is 12.6. The number of amides is 1. The lowest BCUT2D eigenvalue weighted by atomic mass is 10.1. The molecule has 0 saturated carbocycles. The normalized spacial score (nSPS) is 12.5. The minimum Gasteiger partial charge on any atom is -0.494 e. The monoisotopic (exact) mass is 367 g/mol. The Kier molecular flexibility index (Phi) is 4.33. The van der Waals surface area contributed by atoms with E-state index in [0.29, 0.717) is 53.2 Å². The molecule has 0 unspecified atom stereocenters. The number of fused-ring (bicyclic) bond motifs is 1. The highest BCUT2D eigenvalue weighted by atomic mass is 16.6. The van der Waals surface area contributed by atoms with Crippen LogP contribution in [0.2, 0.25) is 0 Å². The SMILES string of the molecule is COc1ccc(NC(=O)c2ccc3c(c2)OCCO3)cc1-n1nnnc1C. The molecule has 4 rings (SSSR count). The summed E-state index contributed by atoms with van der Waals surface area (Å²) in [6.45, 7) is 2.74. The molecule has 0 saturated heterocycles. The van der Waals surface area contributed by atoms with E-state index in [2.05, 4.69) is 20.8 Å². The Balaban J connectivity index is 1.61. The molecule has 2 aromatic carbocycles. The molecule has 0 radical (unpaired) electrons. The highest BCUT2D eigenvalue weighted by Gasteiger charge is 2.16. The van der Waals surface area contributed by atoms with E-state index < -0.39 is 0 Å². The van der Waals surface area contributed by atoms with E-state index in [4.69, 9.17) is 14.2 Å². The third-order valence-corrected chi connectivity index (χ3v) is 4.09. The van der Waals surface area contributed by atoms with Crippen LogP contribution < -0.4 is 19.5 Å². The second kappa shape index (κ2) is 6.94. The molecular formula is C18H17N5O4. The predicted octanol–water partition coefficient (Wildman–Crippen LogP) is 2.00. The largest absolute Gasteiger partial charge is 0.494 e. The number of methoxy groups -OCH3 is 1. The number of aryl methyl sites for hydroxylation is 1. The number of benzene rings is 2. The van der Waals surface area contributed by atoms with Gasteiger partial charge in [0.2, 0.25) is 0 Å². The van der Waals surface area contributed by atoms with Crippen molar-refractivity contribution in [3.8, 4) is 22.9 Å². The van der Waals surface area contributed by atoms with E-state index >= 15 is 0 Å². The van der Waals surface area contributed by atoms with Gasteiger partial charge in [-0.2, -0.15) is 4.68 Å². The zero-order chi connectivity index (χ0) is 18.8. The zero-order valence-electron chi connectivity index (χ0n) is 14.8. The summed E-state index contributed by atoms with van der Waals surface area (Å²) in [5.41, 5.74) is 1.68. The Labute approximate surface area is 154 Å². The maximum atomic E-state index is 12.6. The number of carbonyl (C=O) groups excluding carboxylic acids is 1. The van der Waals surface area contributed by atoms with Gasteiger partial charge in [-0.15, -0.1) is 5.10 Å². The van der Waals surface area contributed by atoms with Gasteiger partial charge in [-0.1, -0.05) is 0 Å². The van der Waals surface area contributed by atoms with E-state index in [-0.39, 0.29) is 5.91 Å². The fraction of sp³-hybridized carbons (Fsp3) is 0.222. The quantitative estimate of drug-likeness (QED) is 0.753. The van der Waals surface area contributed by atoms with Crippen molar-refractivity contribution < 1.29 is 19.0 Å². The lowest BCUT2D eigenvalue weighted by Crippen LogP contribution is -2.17. The molecule has 1 N–H and O–H groups in total. The van der Waals surface area contributed by atoms with Crippen LogP contribution >= 0.6 is 0 Å². The Morgan fingerprint density at radius 2 is 1.96 bits per heavy atom. The topological polar surface area (TPSA) is 100 Å². The van der Waals surface area contributed by atoms with Crippen molar-refractivity contribution in [3.05, 3.63) is 47.8 Å². The standard InChI is InChI=1S/C18H17N5O4/c1-11-20-21-22-23(11)14-10-13(4-6-15(14)25-2)19-18(24)12-3-5-16-17(9-12)27-8-7-26-16/h3-6,9-10H,7-8H2,1-2H3,(H,19,24). The minimum absolute atomic E-state index is 0.267. The Hall–Kier alpha value is -3.62. The summed E-state index contributed by atoms with van der Waals surface area (Å²) < 4.78 is 17.9. The van der Waals surface area contributed by atoms with Crippen molar-refractivity contribution >= 4 is 11.6 Å². The fourth-order valence-corrected chi connectivity index (χ4v) is 2.78. The van der Waals surface area contributed by atoms with Gasteiger partial charge in [0.1, 0.15) is 24.7 Å². The first kappa shape index (κ1) is 16.8. The van der Waals surface area contributed by atoms with Gasteiger partial charge in [-0.3, -0.25) is 4.79 Å². The first-order chi connectivity index (χ1) is 13.2. The van der Waals surface area contributed by atoms with Crippen molar-refractivity contribution in [2.45, 2.75) is 6.92 Å². The van der Waals surface area contributed by atoms with Crippen molar-refractivity contribution in [1.29, 1.82) is 0 Å². The molecule has 3 aromatic rings. The van der Waals surface area contributed by atoms with Crippen LogP contribution in [-0.2, 0) is 0 Å². The van der Waals surface area contributed by atoms with Gasteiger partial charge in [0.05, 0.1) is 7.11 Å². The third-order valence-electron chi connectivity index (χ3n) is 4.09. The molecule has 0 bridgehead atoms. The van der Waals surface area contributed by atoms with Gasteiger partial charge in [-0.05, 0) is 53.7 Å². The first-order valence-corrected chi connectivity index (χ1v) is 8.30. The van der Waals surface area contributed by atoms with Crippen LogP contribution in [0.5, 0.6) is 17.2 Å². The van der Waals surface area contributed by atoms with Crippen LogP contribution in [0, 0.1) is 6.92 Å². The highest BCUT2D eigenvalue weighted by molar-refractivity contribution is 6.04. The van der Waals surface area contributed by atoms with E-state index in [1.807, 2.05) is 0 Å². The number of hydrogen-bond acceptors (Lipinski definition) is 7. The van der Waals surface area contributed by atoms with Crippen molar-refractivity contribution in [2.75, 3.05) is 25.6 Å². The number of tetrazole rings is 1. The number of nitrogens with zero attached hydrogens (tertiary/aromatic N) is 4. The number of rotatable bonds is 4. The lowest BCUT2D eigenvalue weighted by Gasteiger charge is -2.18. The van der Waals surface area contributed by atoms with Gasteiger partial charge >= 0.3 is 0 Å². The van der Waals surface area contributed by atoms with Crippen molar-refractivity contribution in [3.63, 3.8) is 0 Å². The summed E-state index contributed by atoms with van der Waals surface area (Å²) in [5, 5.41) is 14.3. The van der Waals surface area contributed by atoms with Crippen LogP contribution in [0.15, 0.2) is 36.4 Å². The van der Waals surface area contributed by atoms with Crippen molar-refractivity contribution in [2.24, 2.45) is 0 Å². The third kappa shape index (κ3) is 3.26. The van der Waals surface area contributed by atoms with Gasteiger partial charge in [0, 0.05) is 11.3 Å². The number of aromatic nitrogens is 4. The molecule has 1 aliphatic rings. The molecule has 1 amide bonds. The highest BCUT2D eigenvalue weighted by Crippen LogP contribution is 2.31. The number of nitrogens with one attached hydrogen (secondary N) is 1. The molecule has 2 heterocycles. The molecule has 9 heteroatoms. The number of ether oxygens (including phenoxy) is 3. The Bertz CT molecular complexity index is 1000. The maximum Gasteiger partial charge on any atom is 0.255 e. The van der Waals surface area contributed by atoms with E-state index in [0.717, 1.165) is 0 Å². The van der Waals surface area contributed by atoms with Crippen LogP contribution in [0.3, 0.4) is 0 Å². The van der Waals surface area contributed by atoms with Gasteiger partial charge in [0.25, 0.3) is 5.91 Å². The minimum atomic E-state index is -0.267. The van der Waals surface area contributed by atoms with Crippen molar-refractivity contribution in [1.82, 2.24) is 20.2 Å². The maximum absolute atomic E-state index is 12.6. The Morgan fingerprint density at radius 3 is 2.70 bits per heavy atom. The summed E-state index contributed by atoms with van der Waals surface area (Å²) in [7, 11) is 1.56. The van der Waals surface area contributed by atoms with E-state index in [9.17, 15) is 4.79 Å². The number of anilines is 1. The summed E-state index contributed by atoms with van der Waals surface area (Å²) in [5.74, 6) is 2.12. The van der Waals surface area contributed by atoms with E-state index in [1.165, 1.54) is 0 Å². The predicted molar refractivity (Wildman–Crippen MR) is 95.8 cm³/mol. The Morgan fingerprint density at radius 1 is 1.15 bits per heavy atom.